The first-order valence-electron chi connectivity index (χ1n) is 7.55. The molecule has 0 unspecified atom stereocenters. The van der Waals surface area contributed by atoms with E-state index in [4.69, 9.17) is 0 Å². The Hall–Kier alpha value is -2.97. The van der Waals surface area contributed by atoms with Gasteiger partial charge in [0.05, 0.1) is 5.69 Å². The largest absolute Gasteiger partial charge is 0.363 e. The van der Waals surface area contributed by atoms with Gasteiger partial charge >= 0.3 is 6.03 Å². The summed E-state index contributed by atoms with van der Waals surface area (Å²) in [6.07, 6.45) is 2.02. The zero-order chi connectivity index (χ0) is 17.3. The molecule has 0 radical (unpaired) electrons. The molecule has 3 heterocycles. The summed E-state index contributed by atoms with van der Waals surface area (Å²) in [4.78, 5) is 35.8. The molecule has 2 aromatic heterocycles. The van der Waals surface area contributed by atoms with Crippen molar-refractivity contribution in [2.75, 3.05) is 30.9 Å². The maximum atomic E-state index is 12.4. The molecule has 0 saturated carbocycles. The van der Waals surface area contributed by atoms with Crippen molar-refractivity contribution >= 4 is 17.7 Å². The predicted molar refractivity (Wildman–Crippen MR) is 89.0 cm³/mol. The number of aromatic nitrogens is 4. The Morgan fingerprint density at radius 2 is 2.08 bits per heavy atom. The van der Waals surface area contributed by atoms with Crippen LogP contribution < -0.4 is 15.8 Å². The summed E-state index contributed by atoms with van der Waals surface area (Å²) in [5.74, 6) is 1.14. The van der Waals surface area contributed by atoms with Crippen LogP contribution in [0.25, 0.3) is 0 Å². The Bertz CT molecular complexity index is 831. The summed E-state index contributed by atoms with van der Waals surface area (Å²) in [6.45, 7) is 0.894. The minimum absolute atomic E-state index is 0.178. The lowest BCUT2D eigenvalue weighted by Gasteiger charge is -2.28. The van der Waals surface area contributed by atoms with E-state index in [0.29, 0.717) is 31.1 Å². The summed E-state index contributed by atoms with van der Waals surface area (Å²) in [6, 6.07) is 2.98. The highest BCUT2D eigenvalue weighted by atomic mass is 16.2. The molecular formula is C15H19N7O2. The Kier molecular flexibility index (Phi) is 4.15. The van der Waals surface area contributed by atoms with Crippen LogP contribution in [0.2, 0.25) is 0 Å². The fraction of sp³-hybridized carbons (Fsp3) is 0.400. The Morgan fingerprint density at radius 3 is 2.83 bits per heavy atom. The topological polar surface area (TPSA) is 96.2 Å². The van der Waals surface area contributed by atoms with Crippen LogP contribution in [-0.2, 0) is 20.0 Å². The van der Waals surface area contributed by atoms with Crippen molar-refractivity contribution in [2.24, 2.45) is 7.05 Å². The van der Waals surface area contributed by atoms with Gasteiger partial charge in [0.2, 0.25) is 0 Å². The van der Waals surface area contributed by atoms with Crippen molar-refractivity contribution in [3.63, 3.8) is 0 Å². The van der Waals surface area contributed by atoms with Gasteiger partial charge in [-0.25, -0.2) is 19.4 Å². The fourth-order valence-corrected chi connectivity index (χ4v) is 2.52. The molecule has 9 nitrogen and oxygen atoms in total. The van der Waals surface area contributed by atoms with Crippen LogP contribution in [0.5, 0.6) is 0 Å². The first kappa shape index (κ1) is 15.9. The average Bonchev–Trinajstić information content (AvgIpc) is 2.55. The van der Waals surface area contributed by atoms with E-state index in [1.165, 1.54) is 17.1 Å². The molecule has 0 fully saturated rings. The first-order valence-corrected chi connectivity index (χ1v) is 7.55. The van der Waals surface area contributed by atoms with Crippen molar-refractivity contribution in [3.8, 4) is 0 Å². The van der Waals surface area contributed by atoms with Gasteiger partial charge in [-0.15, -0.1) is 0 Å². The number of carbonyl (C=O) groups is 1. The van der Waals surface area contributed by atoms with E-state index in [0.717, 1.165) is 11.3 Å². The number of amides is 2. The van der Waals surface area contributed by atoms with Gasteiger partial charge in [-0.05, 0) is 0 Å². The number of urea groups is 1. The van der Waals surface area contributed by atoms with Gasteiger partial charge in [0.25, 0.3) is 5.56 Å². The van der Waals surface area contributed by atoms with E-state index in [9.17, 15) is 9.59 Å². The molecule has 2 aromatic rings. The van der Waals surface area contributed by atoms with E-state index < -0.39 is 0 Å². The molecule has 3 rings (SSSR count). The fourth-order valence-electron chi connectivity index (χ4n) is 2.52. The molecule has 0 aromatic carbocycles. The smallest absolute Gasteiger partial charge is 0.323 e. The van der Waals surface area contributed by atoms with Crippen LogP contribution in [0.3, 0.4) is 0 Å². The van der Waals surface area contributed by atoms with E-state index in [1.54, 1.807) is 18.0 Å². The highest BCUT2D eigenvalue weighted by Crippen LogP contribution is 2.17. The summed E-state index contributed by atoms with van der Waals surface area (Å²) >= 11 is 0. The van der Waals surface area contributed by atoms with Gasteiger partial charge in [-0.1, -0.05) is 0 Å². The Balaban J connectivity index is 1.73. The zero-order valence-electron chi connectivity index (χ0n) is 13.9. The number of rotatable bonds is 2. The van der Waals surface area contributed by atoms with Crippen molar-refractivity contribution in [2.45, 2.75) is 13.0 Å². The van der Waals surface area contributed by atoms with E-state index in [1.807, 2.05) is 19.0 Å². The van der Waals surface area contributed by atoms with E-state index >= 15 is 0 Å². The second-order valence-corrected chi connectivity index (χ2v) is 5.84. The average molecular weight is 329 g/mol. The van der Waals surface area contributed by atoms with Crippen molar-refractivity contribution in [1.29, 1.82) is 0 Å². The van der Waals surface area contributed by atoms with E-state index in [2.05, 4.69) is 20.4 Å². The Labute approximate surface area is 138 Å². The summed E-state index contributed by atoms with van der Waals surface area (Å²) in [5.41, 5.74) is 1.47. The van der Waals surface area contributed by atoms with Crippen LogP contribution in [0.1, 0.15) is 11.3 Å². The van der Waals surface area contributed by atoms with Crippen LogP contribution in [0.4, 0.5) is 16.4 Å². The third-order valence-corrected chi connectivity index (χ3v) is 3.87. The first-order chi connectivity index (χ1) is 11.4. The van der Waals surface area contributed by atoms with Gasteiger partial charge in [-0.3, -0.25) is 10.1 Å². The molecule has 0 spiro atoms. The molecule has 126 valence electrons. The number of anilines is 2. The predicted octanol–water partition coefficient (Wildman–Crippen LogP) is 0.226. The van der Waals surface area contributed by atoms with E-state index in [-0.39, 0.29) is 11.6 Å². The zero-order valence-corrected chi connectivity index (χ0v) is 13.9. The molecule has 9 heteroatoms. The standard InChI is InChI=1S/C15H19N7O2/c1-20(2)13-7-12(16-9-17-13)18-15(24)22-5-4-11-10(8-22)6-14(23)21(3)19-11/h6-7,9H,4-5,8H2,1-3H3,(H,16,17,18,24). The monoisotopic (exact) mass is 329 g/mol. The van der Waals surface area contributed by atoms with Crippen molar-refractivity contribution < 1.29 is 4.79 Å². The maximum absolute atomic E-state index is 12.4. The molecule has 1 aliphatic rings. The summed E-state index contributed by atoms with van der Waals surface area (Å²) in [7, 11) is 5.35. The SMILES string of the molecule is CN(C)c1cc(NC(=O)N2CCc3nn(C)c(=O)cc3C2)ncn1. The minimum atomic E-state index is -0.260. The third kappa shape index (κ3) is 3.19. The van der Waals surface area contributed by atoms with Crippen LogP contribution in [-0.4, -0.2) is 51.3 Å². The van der Waals surface area contributed by atoms with Crippen LogP contribution in [0, 0.1) is 0 Å². The van der Waals surface area contributed by atoms with Gasteiger partial charge in [0, 0.05) is 58.3 Å². The number of nitrogens with zero attached hydrogens (tertiary/aromatic N) is 6. The molecule has 0 saturated heterocycles. The second kappa shape index (κ2) is 6.26. The lowest BCUT2D eigenvalue weighted by Crippen LogP contribution is -2.40. The Morgan fingerprint density at radius 1 is 1.29 bits per heavy atom. The highest BCUT2D eigenvalue weighted by molar-refractivity contribution is 5.88. The van der Waals surface area contributed by atoms with Crippen LogP contribution in [0.15, 0.2) is 23.3 Å². The van der Waals surface area contributed by atoms with Crippen molar-refractivity contribution in [3.05, 3.63) is 40.1 Å². The number of nitrogens with one attached hydrogen (secondary N) is 1. The molecule has 24 heavy (non-hydrogen) atoms. The lowest BCUT2D eigenvalue weighted by atomic mass is 10.1. The van der Waals surface area contributed by atoms with Gasteiger partial charge in [0.1, 0.15) is 18.0 Å². The summed E-state index contributed by atoms with van der Waals surface area (Å²) in [5, 5.41) is 7.01. The molecule has 0 atom stereocenters. The maximum Gasteiger partial charge on any atom is 0.323 e. The van der Waals surface area contributed by atoms with Gasteiger partial charge in [-0.2, -0.15) is 5.10 Å². The molecular weight excluding hydrogens is 310 g/mol. The highest BCUT2D eigenvalue weighted by Gasteiger charge is 2.23. The van der Waals surface area contributed by atoms with Gasteiger partial charge in [0.15, 0.2) is 0 Å². The summed E-state index contributed by atoms with van der Waals surface area (Å²) < 4.78 is 1.32. The number of hydrogen-bond acceptors (Lipinski definition) is 6. The molecule has 2 amide bonds. The lowest BCUT2D eigenvalue weighted by molar-refractivity contribution is 0.205. The van der Waals surface area contributed by atoms with Crippen molar-refractivity contribution in [1.82, 2.24) is 24.6 Å². The number of aryl methyl sites for hydroxylation is 1. The second-order valence-electron chi connectivity index (χ2n) is 5.84. The molecule has 0 bridgehead atoms. The normalized spacial score (nSPS) is 13.4. The number of carbonyl (C=O) groups excluding carboxylic acids is 1. The third-order valence-electron chi connectivity index (χ3n) is 3.87. The van der Waals surface area contributed by atoms with Gasteiger partial charge < -0.3 is 9.80 Å². The molecule has 1 aliphatic heterocycles. The number of fused-ring (bicyclic) bond motifs is 1. The molecule has 0 aliphatic carbocycles. The number of hydrogen-bond donors (Lipinski definition) is 1. The van der Waals surface area contributed by atoms with Crippen LogP contribution >= 0.6 is 0 Å². The minimum Gasteiger partial charge on any atom is -0.363 e. The quantitative estimate of drug-likeness (QED) is 0.847. The molecule has 1 N–H and O–H groups in total.